The Kier molecular flexibility index (Phi) is 8.38. The maximum Gasteiger partial charge on any atom is 0.343 e. The topological polar surface area (TPSA) is 74.7 Å². The summed E-state index contributed by atoms with van der Waals surface area (Å²) in [6, 6.07) is 15.8. The van der Waals surface area contributed by atoms with Crippen molar-refractivity contribution in [2.24, 2.45) is 0 Å². The number of ether oxygens (including phenoxy) is 3. The van der Waals surface area contributed by atoms with E-state index in [0.29, 0.717) is 30.1 Å². The number of rotatable bonds is 9. The first kappa shape index (κ1) is 25.8. The van der Waals surface area contributed by atoms with E-state index in [-0.39, 0.29) is 5.97 Å². The SMILES string of the molecule is CC(C)(C)OC(=O)C(C)(C)Sc1nc(CCOc2ccc(OC(=O)c3ccccc3)cc2)cs1. The molecule has 0 spiro atoms. The number of aromatic nitrogens is 1. The summed E-state index contributed by atoms with van der Waals surface area (Å²) in [5.41, 5.74) is 0.876. The van der Waals surface area contributed by atoms with Crippen LogP contribution in [0.25, 0.3) is 0 Å². The summed E-state index contributed by atoms with van der Waals surface area (Å²) in [5.74, 6) is 0.467. The number of thioether (sulfide) groups is 1. The van der Waals surface area contributed by atoms with Gasteiger partial charge in [-0.25, -0.2) is 9.78 Å². The molecule has 34 heavy (non-hydrogen) atoms. The normalized spacial score (nSPS) is 11.7. The zero-order chi connectivity index (χ0) is 24.8. The number of carbonyl (C=O) groups excluding carboxylic acids is 2. The Morgan fingerprint density at radius 3 is 2.24 bits per heavy atom. The predicted molar refractivity (Wildman–Crippen MR) is 135 cm³/mol. The molecule has 0 amide bonds. The summed E-state index contributed by atoms with van der Waals surface area (Å²) in [5, 5.41) is 1.98. The van der Waals surface area contributed by atoms with Crippen LogP contribution in [-0.2, 0) is 16.0 Å². The van der Waals surface area contributed by atoms with Gasteiger partial charge < -0.3 is 14.2 Å². The molecule has 8 heteroatoms. The lowest BCUT2D eigenvalue weighted by Crippen LogP contribution is -2.36. The van der Waals surface area contributed by atoms with E-state index >= 15 is 0 Å². The molecule has 0 atom stereocenters. The number of hydrogen-bond acceptors (Lipinski definition) is 8. The van der Waals surface area contributed by atoms with Crippen molar-refractivity contribution >= 4 is 35.0 Å². The van der Waals surface area contributed by atoms with Gasteiger partial charge in [-0.15, -0.1) is 11.3 Å². The van der Waals surface area contributed by atoms with Gasteiger partial charge in [0.1, 0.15) is 21.8 Å². The zero-order valence-electron chi connectivity index (χ0n) is 20.0. The second kappa shape index (κ2) is 11.1. The van der Waals surface area contributed by atoms with Gasteiger partial charge in [0, 0.05) is 11.8 Å². The third kappa shape index (κ3) is 7.88. The molecule has 3 aromatic rings. The Balaban J connectivity index is 1.46. The molecule has 0 unspecified atom stereocenters. The van der Waals surface area contributed by atoms with Gasteiger partial charge in [-0.2, -0.15) is 0 Å². The number of nitrogens with zero attached hydrogens (tertiary/aromatic N) is 1. The minimum Gasteiger partial charge on any atom is -0.493 e. The van der Waals surface area contributed by atoms with E-state index in [1.807, 2.05) is 46.1 Å². The smallest absolute Gasteiger partial charge is 0.343 e. The minimum absolute atomic E-state index is 0.261. The first-order chi connectivity index (χ1) is 16.0. The minimum atomic E-state index is -0.732. The number of hydrogen-bond donors (Lipinski definition) is 0. The van der Waals surface area contributed by atoms with Gasteiger partial charge in [-0.1, -0.05) is 30.0 Å². The van der Waals surface area contributed by atoms with Crippen molar-refractivity contribution in [1.82, 2.24) is 4.98 Å². The van der Waals surface area contributed by atoms with Crippen molar-refractivity contribution in [3.05, 3.63) is 71.2 Å². The number of thiazole rings is 1. The van der Waals surface area contributed by atoms with Crippen molar-refractivity contribution < 1.29 is 23.8 Å². The molecular weight excluding hydrogens is 470 g/mol. The Hall–Kier alpha value is -2.84. The maximum atomic E-state index is 12.5. The molecule has 0 aliphatic heterocycles. The third-order valence-electron chi connectivity index (χ3n) is 4.43. The van der Waals surface area contributed by atoms with Crippen LogP contribution in [0.1, 0.15) is 50.7 Å². The maximum absolute atomic E-state index is 12.5. The van der Waals surface area contributed by atoms with Gasteiger partial charge in [0.25, 0.3) is 0 Å². The molecule has 1 aromatic heterocycles. The van der Waals surface area contributed by atoms with E-state index in [0.717, 1.165) is 10.0 Å². The Bertz CT molecular complexity index is 1100. The standard InChI is InChI=1S/C26H29NO5S2/c1-25(2,3)32-23(29)26(4,5)34-24-27-19(17-33-24)15-16-30-20-11-13-21(14-12-20)31-22(28)18-9-7-6-8-10-18/h6-14,17H,15-16H2,1-5H3. The summed E-state index contributed by atoms with van der Waals surface area (Å²) in [4.78, 5) is 29.2. The lowest BCUT2D eigenvalue weighted by molar-refractivity contribution is -0.156. The molecule has 180 valence electrons. The summed E-state index contributed by atoms with van der Waals surface area (Å²) in [7, 11) is 0. The fourth-order valence-corrected chi connectivity index (χ4v) is 4.99. The van der Waals surface area contributed by atoms with Crippen LogP contribution in [0.4, 0.5) is 0 Å². The lowest BCUT2D eigenvalue weighted by Gasteiger charge is -2.27. The highest BCUT2D eigenvalue weighted by molar-refractivity contribution is 8.03. The predicted octanol–water partition coefficient (Wildman–Crippen LogP) is 6.20. The lowest BCUT2D eigenvalue weighted by atomic mass is 10.1. The van der Waals surface area contributed by atoms with Gasteiger partial charge >= 0.3 is 11.9 Å². The number of benzene rings is 2. The first-order valence-corrected chi connectivity index (χ1v) is 12.6. The third-order valence-corrected chi connectivity index (χ3v) is 6.60. The zero-order valence-corrected chi connectivity index (χ0v) is 21.6. The van der Waals surface area contributed by atoms with Gasteiger partial charge in [0.2, 0.25) is 0 Å². The molecule has 3 rings (SSSR count). The quantitative estimate of drug-likeness (QED) is 0.197. The summed E-state index contributed by atoms with van der Waals surface area (Å²) in [6.07, 6.45) is 0.634. The Labute approximate surface area is 208 Å². The van der Waals surface area contributed by atoms with Crippen LogP contribution in [0.15, 0.2) is 64.3 Å². The molecule has 1 heterocycles. The molecule has 0 saturated carbocycles. The summed E-state index contributed by atoms with van der Waals surface area (Å²) >= 11 is 2.90. The average Bonchev–Trinajstić information content (AvgIpc) is 3.21. The molecule has 2 aromatic carbocycles. The van der Waals surface area contributed by atoms with Crippen LogP contribution in [0.3, 0.4) is 0 Å². The van der Waals surface area contributed by atoms with Crippen LogP contribution < -0.4 is 9.47 Å². The Morgan fingerprint density at radius 1 is 0.941 bits per heavy atom. The monoisotopic (exact) mass is 499 g/mol. The van der Waals surface area contributed by atoms with Crippen LogP contribution in [0, 0.1) is 0 Å². The van der Waals surface area contributed by atoms with E-state index < -0.39 is 16.3 Å². The molecular formula is C26H29NO5S2. The first-order valence-electron chi connectivity index (χ1n) is 10.9. The van der Waals surface area contributed by atoms with Crippen molar-refractivity contribution in [3.63, 3.8) is 0 Å². The van der Waals surface area contributed by atoms with Crippen LogP contribution in [0.5, 0.6) is 11.5 Å². The van der Waals surface area contributed by atoms with E-state index in [2.05, 4.69) is 4.98 Å². The van der Waals surface area contributed by atoms with Crippen molar-refractivity contribution in [2.45, 2.75) is 55.7 Å². The Morgan fingerprint density at radius 2 is 1.59 bits per heavy atom. The molecule has 0 aliphatic carbocycles. The molecule has 6 nitrogen and oxygen atoms in total. The molecule has 0 saturated heterocycles. The van der Waals surface area contributed by atoms with Gasteiger partial charge in [0.15, 0.2) is 4.34 Å². The molecule has 0 bridgehead atoms. The molecule has 0 N–H and O–H groups in total. The highest BCUT2D eigenvalue weighted by atomic mass is 32.2. The number of esters is 2. The van der Waals surface area contributed by atoms with Crippen LogP contribution in [-0.4, -0.2) is 33.9 Å². The van der Waals surface area contributed by atoms with Crippen molar-refractivity contribution in [3.8, 4) is 11.5 Å². The molecule has 0 fully saturated rings. The second-order valence-corrected chi connectivity index (χ2v) is 11.8. The van der Waals surface area contributed by atoms with Crippen LogP contribution >= 0.6 is 23.1 Å². The van der Waals surface area contributed by atoms with E-state index in [1.54, 1.807) is 48.5 Å². The summed E-state index contributed by atoms with van der Waals surface area (Å²) < 4.78 is 16.8. The van der Waals surface area contributed by atoms with Gasteiger partial charge in [-0.3, -0.25) is 4.79 Å². The van der Waals surface area contributed by atoms with Crippen molar-refractivity contribution in [1.29, 1.82) is 0 Å². The summed E-state index contributed by atoms with van der Waals surface area (Å²) in [6.45, 7) is 9.72. The van der Waals surface area contributed by atoms with E-state index in [4.69, 9.17) is 14.2 Å². The van der Waals surface area contributed by atoms with Gasteiger partial charge in [0.05, 0.1) is 17.9 Å². The highest BCUT2D eigenvalue weighted by Gasteiger charge is 2.34. The molecule has 0 aliphatic rings. The second-order valence-electron chi connectivity index (χ2n) is 9.04. The fourth-order valence-electron chi connectivity index (χ4n) is 2.73. The van der Waals surface area contributed by atoms with E-state index in [9.17, 15) is 9.59 Å². The molecule has 0 radical (unpaired) electrons. The number of carbonyl (C=O) groups is 2. The van der Waals surface area contributed by atoms with Crippen LogP contribution in [0.2, 0.25) is 0 Å². The highest BCUT2D eigenvalue weighted by Crippen LogP contribution is 2.36. The average molecular weight is 500 g/mol. The van der Waals surface area contributed by atoms with E-state index in [1.165, 1.54) is 23.1 Å². The fraction of sp³-hybridized carbons (Fsp3) is 0.346. The van der Waals surface area contributed by atoms with Crippen molar-refractivity contribution in [2.75, 3.05) is 6.61 Å². The van der Waals surface area contributed by atoms with Gasteiger partial charge in [-0.05, 0) is 71.0 Å². The largest absolute Gasteiger partial charge is 0.493 e.